The summed E-state index contributed by atoms with van der Waals surface area (Å²) in [5.74, 6) is 1.79. The minimum Gasteiger partial charge on any atom is -0.339 e. The maximum atomic E-state index is 12.0. The lowest BCUT2D eigenvalue weighted by Crippen LogP contribution is -2.02. The Hall–Kier alpha value is -1.31. The first-order chi connectivity index (χ1) is 10.5. The lowest BCUT2D eigenvalue weighted by Gasteiger charge is -2.11. The van der Waals surface area contributed by atoms with Gasteiger partial charge in [0, 0.05) is 17.9 Å². The van der Waals surface area contributed by atoms with E-state index in [1.165, 1.54) is 0 Å². The second kappa shape index (κ2) is 5.11. The minimum absolute atomic E-state index is 0.191. The van der Waals surface area contributed by atoms with Crippen LogP contribution in [0.2, 0.25) is 5.28 Å². The van der Waals surface area contributed by atoms with Crippen molar-refractivity contribution in [3.05, 3.63) is 34.7 Å². The number of rotatable bonds is 2. The number of thioether (sulfide) groups is 1. The van der Waals surface area contributed by atoms with E-state index in [9.17, 15) is 8.42 Å². The molecule has 1 aromatic carbocycles. The summed E-state index contributed by atoms with van der Waals surface area (Å²) in [7, 11) is -3.14. The molecule has 0 aliphatic carbocycles. The third kappa shape index (κ3) is 2.37. The maximum absolute atomic E-state index is 12.0. The van der Waals surface area contributed by atoms with E-state index < -0.39 is 9.84 Å². The van der Waals surface area contributed by atoms with Gasteiger partial charge >= 0.3 is 0 Å². The monoisotopic (exact) mass is 353 g/mol. The Labute approximate surface area is 137 Å². The van der Waals surface area contributed by atoms with E-state index >= 15 is 0 Å². The molecule has 0 saturated heterocycles. The Balaban J connectivity index is 1.74. The van der Waals surface area contributed by atoms with E-state index in [4.69, 9.17) is 11.6 Å². The molecule has 0 spiro atoms. The predicted octanol–water partition coefficient (Wildman–Crippen LogP) is 2.85. The first-order valence-electron chi connectivity index (χ1n) is 6.85. The van der Waals surface area contributed by atoms with Gasteiger partial charge in [0.15, 0.2) is 9.84 Å². The van der Waals surface area contributed by atoms with Gasteiger partial charge in [-0.05, 0) is 35.7 Å². The Morgan fingerprint density at radius 2 is 2.09 bits per heavy atom. The fraction of sp³-hybridized carbons (Fsp3) is 0.286. The predicted molar refractivity (Wildman–Crippen MR) is 87.0 cm³/mol. The number of halogens is 1. The number of nitrogens with one attached hydrogen (secondary N) is 1. The van der Waals surface area contributed by atoms with Gasteiger partial charge in [-0.15, -0.1) is 11.8 Å². The van der Waals surface area contributed by atoms with Crippen LogP contribution in [0.15, 0.2) is 28.0 Å². The number of hydrogen-bond acceptors (Lipinski definition) is 6. The summed E-state index contributed by atoms with van der Waals surface area (Å²) in [6, 6.07) is 5.42. The fourth-order valence-corrected chi connectivity index (χ4v) is 5.56. The minimum atomic E-state index is -3.14. The molecule has 0 bridgehead atoms. The van der Waals surface area contributed by atoms with Crippen LogP contribution in [0.1, 0.15) is 11.3 Å². The molecule has 8 heteroatoms. The highest BCUT2D eigenvalue weighted by molar-refractivity contribution is 7.99. The van der Waals surface area contributed by atoms with Crippen molar-refractivity contribution in [2.24, 2.45) is 0 Å². The average molecular weight is 354 g/mol. The number of nitrogens with zero attached hydrogens (tertiary/aromatic N) is 2. The molecule has 4 rings (SSSR count). The van der Waals surface area contributed by atoms with Gasteiger partial charge in [0.05, 0.1) is 21.2 Å². The summed E-state index contributed by atoms with van der Waals surface area (Å²) in [5.41, 5.74) is 2.53. The van der Waals surface area contributed by atoms with Gasteiger partial charge in [0.25, 0.3) is 0 Å². The van der Waals surface area contributed by atoms with E-state index in [2.05, 4.69) is 15.3 Å². The van der Waals surface area contributed by atoms with Crippen molar-refractivity contribution in [3.8, 4) is 0 Å². The molecule has 2 aliphatic heterocycles. The van der Waals surface area contributed by atoms with Crippen molar-refractivity contribution in [1.82, 2.24) is 9.97 Å². The molecule has 1 aromatic heterocycles. The van der Waals surface area contributed by atoms with Gasteiger partial charge in [0.1, 0.15) is 5.82 Å². The molecule has 22 heavy (non-hydrogen) atoms. The van der Waals surface area contributed by atoms with Gasteiger partial charge < -0.3 is 5.32 Å². The van der Waals surface area contributed by atoms with Crippen molar-refractivity contribution in [1.29, 1.82) is 0 Å². The molecule has 2 aliphatic rings. The number of aromatic nitrogens is 2. The zero-order valence-electron chi connectivity index (χ0n) is 11.5. The van der Waals surface area contributed by atoms with Crippen LogP contribution in [0.25, 0.3) is 0 Å². The standard InChI is InChI=1S/C14H12ClN3O2S2/c15-14-17-10-3-5-21-12(10)13(18-14)16-9-2-1-8-4-6-22(19,20)11(8)7-9/h1-2,7H,3-6H2,(H,16,17,18). The SMILES string of the molecule is O=S1(=O)CCc2ccc(Nc3nc(Cl)nc4c3SCC4)cc21. The molecule has 2 aromatic rings. The molecule has 0 radical (unpaired) electrons. The van der Waals surface area contributed by atoms with E-state index in [-0.39, 0.29) is 11.0 Å². The van der Waals surface area contributed by atoms with Gasteiger partial charge in [-0.2, -0.15) is 4.98 Å². The number of anilines is 2. The van der Waals surface area contributed by atoms with E-state index in [0.717, 1.165) is 28.3 Å². The Kier molecular flexibility index (Phi) is 3.32. The highest BCUT2D eigenvalue weighted by Gasteiger charge is 2.26. The Morgan fingerprint density at radius 1 is 1.23 bits per heavy atom. The molecule has 0 atom stereocenters. The van der Waals surface area contributed by atoms with Crippen LogP contribution in [0.5, 0.6) is 0 Å². The highest BCUT2D eigenvalue weighted by atomic mass is 35.5. The van der Waals surface area contributed by atoms with Crippen LogP contribution in [0.3, 0.4) is 0 Å². The van der Waals surface area contributed by atoms with Crippen molar-refractivity contribution >= 4 is 44.7 Å². The largest absolute Gasteiger partial charge is 0.339 e. The van der Waals surface area contributed by atoms with Crippen LogP contribution in [-0.4, -0.2) is 29.9 Å². The van der Waals surface area contributed by atoms with Gasteiger partial charge in [-0.3, -0.25) is 0 Å². The molecule has 0 unspecified atom stereocenters. The fourth-order valence-electron chi connectivity index (χ4n) is 2.74. The molecule has 0 amide bonds. The number of hydrogen-bond donors (Lipinski definition) is 1. The zero-order chi connectivity index (χ0) is 15.3. The molecular formula is C14H12ClN3O2S2. The molecule has 1 N–H and O–H groups in total. The van der Waals surface area contributed by atoms with Gasteiger partial charge in [-0.1, -0.05) is 6.07 Å². The quantitative estimate of drug-likeness (QED) is 0.837. The van der Waals surface area contributed by atoms with Crippen molar-refractivity contribution in [2.45, 2.75) is 22.6 Å². The topological polar surface area (TPSA) is 72.0 Å². The molecule has 0 saturated carbocycles. The number of benzene rings is 1. The molecule has 5 nitrogen and oxygen atoms in total. The number of aryl methyl sites for hydroxylation is 2. The van der Waals surface area contributed by atoms with Crippen LogP contribution in [0, 0.1) is 0 Å². The van der Waals surface area contributed by atoms with E-state index in [1.807, 2.05) is 12.1 Å². The van der Waals surface area contributed by atoms with Gasteiger partial charge in [-0.25, -0.2) is 13.4 Å². The summed E-state index contributed by atoms with van der Waals surface area (Å²) >= 11 is 7.65. The lowest BCUT2D eigenvalue weighted by molar-refractivity contribution is 0.600. The third-order valence-corrected chi connectivity index (χ3v) is 6.89. The summed E-state index contributed by atoms with van der Waals surface area (Å²) in [6.07, 6.45) is 1.46. The Bertz CT molecular complexity index is 884. The van der Waals surface area contributed by atoms with Crippen molar-refractivity contribution in [2.75, 3.05) is 16.8 Å². The third-order valence-electron chi connectivity index (χ3n) is 3.80. The first kappa shape index (κ1) is 14.3. The van der Waals surface area contributed by atoms with E-state index in [1.54, 1.807) is 17.8 Å². The molecule has 0 fully saturated rings. The van der Waals surface area contributed by atoms with Crippen molar-refractivity contribution in [3.63, 3.8) is 0 Å². The summed E-state index contributed by atoms with van der Waals surface area (Å²) in [6.45, 7) is 0. The average Bonchev–Trinajstić information content (AvgIpc) is 3.04. The molecule has 114 valence electrons. The maximum Gasteiger partial charge on any atom is 0.224 e. The van der Waals surface area contributed by atoms with Crippen molar-refractivity contribution < 1.29 is 8.42 Å². The first-order valence-corrected chi connectivity index (χ1v) is 9.86. The summed E-state index contributed by atoms with van der Waals surface area (Å²) in [4.78, 5) is 9.89. The smallest absolute Gasteiger partial charge is 0.224 e. The van der Waals surface area contributed by atoms with E-state index in [0.29, 0.717) is 22.8 Å². The number of fused-ring (bicyclic) bond motifs is 2. The van der Waals surface area contributed by atoms with Crippen LogP contribution in [-0.2, 0) is 22.7 Å². The van der Waals surface area contributed by atoms with Crippen LogP contribution < -0.4 is 5.32 Å². The molecular weight excluding hydrogens is 342 g/mol. The lowest BCUT2D eigenvalue weighted by atomic mass is 10.1. The highest BCUT2D eigenvalue weighted by Crippen LogP contribution is 2.38. The van der Waals surface area contributed by atoms with Crippen LogP contribution >= 0.6 is 23.4 Å². The summed E-state index contributed by atoms with van der Waals surface area (Å²) < 4.78 is 24.0. The normalized spacial score (nSPS) is 18.0. The summed E-state index contributed by atoms with van der Waals surface area (Å²) in [5, 5.41) is 3.40. The zero-order valence-corrected chi connectivity index (χ0v) is 13.9. The second-order valence-electron chi connectivity index (χ2n) is 5.23. The Morgan fingerprint density at radius 3 is 2.95 bits per heavy atom. The van der Waals surface area contributed by atoms with Gasteiger partial charge in [0.2, 0.25) is 5.28 Å². The number of sulfone groups is 1. The second-order valence-corrected chi connectivity index (χ2v) is 8.75. The van der Waals surface area contributed by atoms with Crippen LogP contribution in [0.4, 0.5) is 11.5 Å². The molecule has 3 heterocycles.